The smallest absolute Gasteiger partial charge is 0.250 e. The second-order valence-electron chi connectivity index (χ2n) is 4.48. The van der Waals surface area contributed by atoms with Crippen molar-refractivity contribution in [2.45, 2.75) is 24.1 Å². The maximum atomic E-state index is 12.2. The maximum Gasteiger partial charge on any atom is 0.250 e. The van der Waals surface area contributed by atoms with Crippen LogP contribution in [0.5, 0.6) is 0 Å². The number of sulfonamides is 1. The zero-order valence-corrected chi connectivity index (χ0v) is 13.9. The number of thiophene rings is 2. The molecule has 2 heterocycles. The molecule has 0 aliphatic rings. The fourth-order valence-corrected chi connectivity index (χ4v) is 5.17. The van der Waals surface area contributed by atoms with Crippen LogP contribution in [0.15, 0.2) is 27.1 Å². The van der Waals surface area contributed by atoms with Crippen molar-refractivity contribution in [3.63, 3.8) is 0 Å². The molecule has 2 aromatic heterocycles. The number of rotatable bonds is 7. The van der Waals surface area contributed by atoms with Gasteiger partial charge in [-0.1, -0.05) is 0 Å². The normalized spacial score (nSPS) is 11.9. The summed E-state index contributed by atoms with van der Waals surface area (Å²) in [5.41, 5.74) is 2.18. The second-order valence-corrected chi connectivity index (χ2v) is 8.39. The highest BCUT2D eigenvalue weighted by Crippen LogP contribution is 2.25. The van der Waals surface area contributed by atoms with Gasteiger partial charge in [0.25, 0.3) is 0 Å². The molecule has 0 radical (unpaired) electrons. The van der Waals surface area contributed by atoms with Gasteiger partial charge in [-0.2, -0.15) is 11.3 Å². The first-order valence-corrected chi connectivity index (χ1v) is 9.52. The lowest BCUT2D eigenvalue weighted by Crippen LogP contribution is -2.25. The van der Waals surface area contributed by atoms with Crippen LogP contribution in [0.25, 0.3) is 0 Å². The van der Waals surface area contributed by atoms with Crippen molar-refractivity contribution < 1.29 is 8.42 Å². The molecule has 0 aliphatic heterocycles. The second kappa shape index (κ2) is 6.82. The average Bonchev–Trinajstić information content (AvgIpc) is 3.01. The molecule has 0 aliphatic carbocycles. The third kappa shape index (κ3) is 3.89. The van der Waals surface area contributed by atoms with Gasteiger partial charge < -0.3 is 5.32 Å². The molecule has 0 saturated carbocycles. The van der Waals surface area contributed by atoms with E-state index in [1.165, 1.54) is 11.3 Å². The summed E-state index contributed by atoms with van der Waals surface area (Å²) < 4.78 is 27.5. The molecule has 110 valence electrons. The number of nitrogens with one attached hydrogen (secondary N) is 2. The maximum absolute atomic E-state index is 12.2. The highest BCUT2D eigenvalue weighted by atomic mass is 32.2. The summed E-state index contributed by atoms with van der Waals surface area (Å²) in [4.78, 5) is 1.06. The Hall–Kier alpha value is -0.730. The summed E-state index contributed by atoms with van der Waals surface area (Å²) >= 11 is 2.95. The molecule has 0 aromatic carbocycles. The van der Waals surface area contributed by atoms with Crippen LogP contribution in [0.2, 0.25) is 0 Å². The van der Waals surface area contributed by atoms with E-state index in [1.54, 1.807) is 17.4 Å². The molecule has 7 heteroatoms. The van der Waals surface area contributed by atoms with Crippen LogP contribution >= 0.6 is 22.7 Å². The van der Waals surface area contributed by atoms with Crippen molar-refractivity contribution in [1.29, 1.82) is 0 Å². The average molecular weight is 331 g/mol. The monoisotopic (exact) mass is 330 g/mol. The van der Waals surface area contributed by atoms with Crippen LogP contribution in [0.4, 0.5) is 0 Å². The molecule has 0 amide bonds. The molecule has 0 spiro atoms. The van der Waals surface area contributed by atoms with Gasteiger partial charge in [0.05, 0.1) is 0 Å². The van der Waals surface area contributed by atoms with E-state index in [4.69, 9.17) is 0 Å². The molecule has 0 bridgehead atoms. The van der Waals surface area contributed by atoms with Gasteiger partial charge in [-0.25, -0.2) is 13.1 Å². The first kappa shape index (κ1) is 15.7. The predicted octanol–water partition coefficient (Wildman–Crippen LogP) is 2.36. The molecular formula is C13H18N2O2S3. The molecule has 2 N–H and O–H groups in total. The number of hydrogen-bond acceptors (Lipinski definition) is 5. The standard InChI is InChI=1S/C13H18N2O2S3/c1-10-7-13(19-12(10)8-14-2)20(16,17)15-5-3-11-4-6-18-9-11/h4,6-7,9,14-15H,3,5,8H2,1-2H3. The van der Waals surface area contributed by atoms with Gasteiger partial charge in [0.1, 0.15) is 4.21 Å². The fraction of sp³-hybridized carbons (Fsp3) is 0.385. The number of hydrogen-bond donors (Lipinski definition) is 2. The molecule has 0 fully saturated rings. The first-order chi connectivity index (χ1) is 9.53. The van der Waals surface area contributed by atoms with Gasteiger partial charge in [-0.15, -0.1) is 11.3 Å². The minimum Gasteiger partial charge on any atom is -0.315 e. The van der Waals surface area contributed by atoms with Crippen molar-refractivity contribution in [1.82, 2.24) is 10.0 Å². The zero-order valence-electron chi connectivity index (χ0n) is 11.5. The van der Waals surface area contributed by atoms with Crippen LogP contribution in [-0.2, 0) is 23.0 Å². The Morgan fingerprint density at radius 1 is 1.35 bits per heavy atom. The Kier molecular flexibility index (Phi) is 5.34. The van der Waals surface area contributed by atoms with E-state index in [2.05, 4.69) is 10.0 Å². The minimum absolute atomic E-state index is 0.394. The van der Waals surface area contributed by atoms with E-state index in [9.17, 15) is 8.42 Å². The SMILES string of the molecule is CNCc1sc(S(=O)(=O)NCCc2ccsc2)cc1C. The zero-order chi connectivity index (χ0) is 14.6. The van der Waals surface area contributed by atoms with Gasteiger partial charge >= 0.3 is 0 Å². The third-order valence-corrected chi connectivity index (χ3v) is 6.79. The van der Waals surface area contributed by atoms with Crippen molar-refractivity contribution in [2.24, 2.45) is 0 Å². The Bertz CT molecular complexity index is 645. The van der Waals surface area contributed by atoms with Crippen molar-refractivity contribution in [3.05, 3.63) is 38.9 Å². The van der Waals surface area contributed by atoms with Gasteiger partial charge in [0.2, 0.25) is 10.0 Å². The van der Waals surface area contributed by atoms with E-state index in [1.807, 2.05) is 30.8 Å². The summed E-state index contributed by atoms with van der Waals surface area (Å²) in [6, 6.07) is 3.75. The highest BCUT2D eigenvalue weighted by Gasteiger charge is 2.18. The Morgan fingerprint density at radius 3 is 2.80 bits per heavy atom. The third-order valence-electron chi connectivity index (χ3n) is 2.89. The quantitative estimate of drug-likeness (QED) is 0.819. The van der Waals surface area contributed by atoms with Gasteiger partial charge in [0.15, 0.2) is 0 Å². The van der Waals surface area contributed by atoms with Crippen LogP contribution in [-0.4, -0.2) is 22.0 Å². The predicted molar refractivity (Wildman–Crippen MR) is 85.0 cm³/mol. The van der Waals surface area contributed by atoms with E-state index in [0.717, 1.165) is 22.4 Å². The molecule has 0 saturated heterocycles. The molecule has 4 nitrogen and oxygen atoms in total. The van der Waals surface area contributed by atoms with Crippen LogP contribution in [0, 0.1) is 6.92 Å². The van der Waals surface area contributed by atoms with Crippen LogP contribution < -0.4 is 10.0 Å². The molecule has 0 atom stereocenters. The summed E-state index contributed by atoms with van der Waals surface area (Å²) in [5.74, 6) is 0. The Balaban J connectivity index is 2.00. The first-order valence-electron chi connectivity index (χ1n) is 6.27. The topological polar surface area (TPSA) is 58.2 Å². The van der Waals surface area contributed by atoms with E-state index >= 15 is 0 Å². The van der Waals surface area contributed by atoms with E-state index in [-0.39, 0.29) is 0 Å². The van der Waals surface area contributed by atoms with E-state index < -0.39 is 10.0 Å². The Labute approximate surface area is 127 Å². The van der Waals surface area contributed by atoms with Gasteiger partial charge in [-0.05, 0) is 54.4 Å². The van der Waals surface area contributed by atoms with Crippen LogP contribution in [0.3, 0.4) is 0 Å². The summed E-state index contributed by atoms with van der Waals surface area (Å²) in [5, 5.41) is 7.08. The summed E-state index contributed by atoms with van der Waals surface area (Å²) in [7, 11) is -1.54. The molecule has 0 unspecified atom stereocenters. The highest BCUT2D eigenvalue weighted by molar-refractivity contribution is 7.91. The minimum atomic E-state index is -3.39. The fourth-order valence-electron chi connectivity index (χ4n) is 1.79. The van der Waals surface area contributed by atoms with Gasteiger partial charge in [-0.3, -0.25) is 0 Å². The van der Waals surface area contributed by atoms with Crippen LogP contribution in [0.1, 0.15) is 16.0 Å². The molecular weight excluding hydrogens is 312 g/mol. The lowest BCUT2D eigenvalue weighted by atomic mass is 10.2. The molecule has 2 rings (SSSR count). The lowest BCUT2D eigenvalue weighted by Gasteiger charge is -2.03. The van der Waals surface area contributed by atoms with E-state index in [0.29, 0.717) is 17.3 Å². The van der Waals surface area contributed by atoms with Crippen molar-refractivity contribution >= 4 is 32.7 Å². The number of aryl methyl sites for hydroxylation is 1. The van der Waals surface area contributed by atoms with Gasteiger partial charge in [0, 0.05) is 18.0 Å². The van der Waals surface area contributed by atoms with Crippen molar-refractivity contribution in [2.75, 3.05) is 13.6 Å². The summed E-state index contributed by atoms with van der Waals surface area (Å²) in [6.45, 7) is 3.06. The Morgan fingerprint density at radius 2 is 2.15 bits per heavy atom. The lowest BCUT2D eigenvalue weighted by molar-refractivity contribution is 0.584. The summed E-state index contributed by atoms with van der Waals surface area (Å²) in [6.07, 6.45) is 0.719. The molecule has 2 aromatic rings. The largest absolute Gasteiger partial charge is 0.315 e. The van der Waals surface area contributed by atoms with Crippen molar-refractivity contribution in [3.8, 4) is 0 Å². The molecule has 20 heavy (non-hydrogen) atoms.